The molecular weight excluding hydrogens is 226 g/mol. The van der Waals surface area contributed by atoms with Gasteiger partial charge in [0.25, 0.3) is 0 Å². The molecule has 1 aromatic rings. The Hall–Kier alpha value is -0.930. The zero-order chi connectivity index (χ0) is 11.4. The number of anilines is 1. The minimum Gasteiger partial charge on any atom is -0.495 e. The predicted molar refractivity (Wildman–Crippen MR) is 64.9 cm³/mol. The summed E-state index contributed by atoms with van der Waals surface area (Å²) in [4.78, 5) is 0. The van der Waals surface area contributed by atoms with E-state index in [0.717, 1.165) is 17.9 Å². The summed E-state index contributed by atoms with van der Waals surface area (Å²) >= 11 is 6.14. The van der Waals surface area contributed by atoms with Gasteiger partial charge in [-0.3, -0.25) is 0 Å². The zero-order valence-corrected chi connectivity index (χ0v) is 9.91. The van der Waals surface area contributed by atoms with Crippen molar-refractivity contribution in [3.63, 3.8) is 0 Å². The van der Waals surface area contributed by atoms with Crippen molar-refractivity contribution in [1.29, 1.82) is 0 Å². The summed E-state index contributed by atoms with van der Waals surface area (Å²) in [6, 6.07) is 8.01. The molecular formula is C12H15ClNO2. The molecule has 0 amide bonds. The Kier molecular flexibility index (Phi) is 3.91. The summed E-state index contributed by atoms with van der Waals surface area (Å²) in [6.07, 6.45) is 0.892. The molecule has 87 valence electrons. The van der Waals surface area contributed by atoms with Gasteiger partial charge in [-0.1, -0.05) is 12.1 Å². The molecule has 1 aliphatic heterocycles. The molecule has 1 aromatic carbocycles. The van der Waals surface area contributed by atoms with Gasteiger partial charge in [0, 0.05) is 12.6 Å². The summed E-state index contributed by atoms with van der Waals surface area (Å²) < 4.78 is 10.5. The molecule has 0 aliphatic carbocycles. The first-order valence-electron chi connectivity index (χ1n) is 5.30. The van der Waals surface area contributed by atoms with Crippen molar-refractivity contribution in [2.75, 3.05) is 19.0 Å². The third-order valence-corrected chi connectivity index (χ3v) is 3.01. The molecule has 0 spiro atoms. The minimum atomic E-state index is -0.112. The van der Waals surface area contributed by atoms with Crippen molar-refractivity contribution in [2.45, 2.75) is 17.8 Å². The van der Waals surface area contributed by atoms with E-state index in [9.17, 15) is 0 Å². The van der Waals surface area contributed by atoms with Crippen LogP contribution in [0.1, 0.15) is 6.42 Å². The van der Waals surface area contributed by atoms with Crippen LogP contribution in [0, 0.1) is 6.61 Å². The molecule has 3 nitrogen and oxygen atoms in total. The Balaban J connectivity index is 2.07. The lowest BCUT2D eigenvalue weighted by atomic mass is 10.1. The monoisotopic (exact) mass is 240 g/mol. The Labute approximate surface area is 101 Å². The number of hydrogen-bond acceptors (Lipinski definition) is 3. The van der Waals surface area contributed by atoms with Crippen molar-refractivity contribution >= 4 is 17.3 Å². The summed E-state index contributed by atoms with van der Waals surface area (Å²) in [5.74, 6) is 0.831. The highest BCUT2D eigenvalue weighted by molar-refractivity contribution is 6.22. The van der Waals surface area contributed by atoms with Gasteiger partial charge in [-0.25, -0.2) is 0 Å². The highest BCUT2D eigenvalue weighted by Crippen LogP contribution is 2.27. The van der Waals surface area contributed by atoms with E-state index in [1.165, 1.54) is 0 Å². The third-order valence-electron chi connectivity index (χ3n) is 2.61. The first-order valence-corrected chi connectivity index (χ1v) is 5.73. The topological polar surface area (TPSA) is 30.5 Å². The highest BCUT2D eigenvalue weighted by Gasteiger charge is 2.24. The molecule has 0 bridgehead atoms. The van der Waals surface area contributed by atoms with Gasteiger partial charge in [0.1, 0.15) is 12.4 Å². The number of halogens is 1. The molecule has 1 saturated heterocycles. The molecule has 1 radical (unpaired) electrons. The largest absolute Gasteiger partial charge is 0.495 e. The maximum atomic E-state index is 6.14. The quantitative estimate of drug-likeness (QED) is 0.824. The summed E-state index contributed by atoms with van der Waals surface area (Å²) in [7, 11) is 1.66. The third kappa shape index (κ3) is 2.60. The van der Waals surface area contributed by atoms with Gasteiger partial charge < -0.3 is 14.8 Å². The summed E-state index contributed by atoms with van der Waals surface area (Å²) in [5.41, 5.74) is 0.968. The standard InChI is InChI=1S/C12H15ClNO2/c1-15-12-5-3-2-4-11(12)14-10-6-7-16-8-9(10)13/h2-5,8-10,14H,6-7H2,1H3. The van der Waals surface area contributed by atoms with Crippen LogP contribution in [0.3, 0.4) is 0 Å². The molecule has 1 heterocycles. The first kappa shape index (κ1) is 11.6. The van der Waals surface area contributed by atoms with Gasteiger partial charge in [-0.2, -0.15) is 0 Å². The maximum absolute atomic E-state index is 6.14. The van der Waals surface area contributed by atoms with Crippen LogP contribution in [0.15, 0.2) is 24.3 Å². The number of para-hydroxylation sites is 2. The average molecular weight is 241 g/mol. The van der Waals surface area contributed by atoms with Crippen LogP contribution in [0.4, 0.5) is 5.69 Å². The van der Waals surface area contributed by atoms with Crippen LogP contribution in [0.2, 0.25) is 0 Å². The Morgan fingerprint density at radius 2 is 2.25 bits per heavy atom. The average Bonchev–Trinajstić information content (AvgIpc) is 2.33. The van der Waals surface area contributed by atoms with Crippen LogP contribution < -0.4 is 10.1 Å². The van der Waals surface area contributed by atoms with E-state index in [4.69, 9.17) is 21.1 Å². The lowest BCUT2D eigenvalue weighted by Gasteiger charge is -2.28. The number of methoxy groups -OCH3 is 1. The number of rotatable bonds is 3. The van der Waals surface area contributed by atoms with E-state index in [1.54, 1.807) is 13.7 Å². The van der Waals surface area contributed by atoms with E-state index in [1.807, 2.05) is 24.3 Å². The lowest BCUT2D eigenvalue weighted by Crippen LogP contribution is -2.36. The van der Waals surface area contributed by atoms with Crippen molar-refractivity contribution in [2.24, 2.45) is 0 Å². The molecule has 1 fully saturated rings. The first-order chi connectivity index (χ1) is 7.81. The van der Waals surface area contributed by atoms with Crippen molar-refractivity contribution < 1.29 is 9.47 Å². The smallest absolute Gasteiger partial charge is 0.141 e. The Morgan fingerprint density at radius 3 is 3.00 bits per heavy atom. The molecule has 0 aromatic heterocycles. The fraction of sp³-hybridized carbons (Fsp3) is 0.417. The molecule has 2 rings (SSSR count). The van der Waals surface area contributed by atoms with Crippen LogP contribution >= 0.6 is 11.6 Å². The van der Waals surface area contributed by atoms with Crippen molar-refractivity contribution in [3.05, 3.63) is 30.9 Å². The summed E-state index contributed by atoms with van der Waals surface area (Å²) in [5, 5.41) is 3.27. The number of alkyl halides is 1. The van der Waals surface area contributed by atoms with Gasteiger partial charge in [0.05, 0.1) is 18.2 Å². The number of nitrogens with one attached hydrogen (secondary N) is 1. The molecule has 1 aliphatic rings. The van der Waals surface area contributed by atoms with Gasteiger partial charge in [0.15, 0.2) is 0 Å². The second-order valence-corrected chi connectivity index (χ2v) is 4.20. The van der Waals surface area contributed by atoms with Crippen LogP contribution in [0.5, 0.6) is 5.75 Å². The molecule has 2 unspecified atom stereocenters. The Bertz CT molecular complexity index is 346. The van der Waals surface area contributed by atoms with Crippen LogP contribution in [0.25, 0.3) is 0 Å². The van der Waals surface area contributed by atoms with Gasteiger partial charge in [0.2, 0.25) is 0 Å². The van der Waals surface area contributed by atoms with E-state index in [-0.39, 0.29) is 11.4 Å². The maximum Gasteiger partial charge on any atom is 0.141 e. The number of hydrogen-bond donors (Lipinski definition) is 1. The molecule has 4 heteroatoms. The lowest BCUT2D eigenvalue weighted by molar-refractivity contribution is 0.151. The second kappa shape index (κ2) is 5.41. The van der Waals surface area contributed by atoms with E-state index >= 15 is 0 Å². The van der Waals surface area contributed by atoms with Gasteiger partial charge in [-0.15, -0.1) is 11.6 Å². The van der Waals surface area contributed by atoms with Gasteiger partial charge in [-0.05, 0) is 18.6 Å². The molecule has 16 heavy (non-hydrogen) atoms. The van der Waals surface area contributed by atoms with Crippen LogP contribution in [-0.4, -0.2) is 25.1 Å². The van der Waals surface area contributed by atoms with E-state index < -0.39 is 0 Å². The van der Waals surface area contributed by atoms with Crippen molar-refractivity contribution in [3.8, 4) is 5.75 Å². The second-order valence-electron chi connectivity index (χ2n) is 3.69. The molecule has 2 atom stereocenters. The fourth-order valence-electron chi connectivity index (χ4n) is 1.72. The number of benzene rings is 1. The van der Waals surface area contributed by atoms with Gasteiger partial charge >= 0.3 is 0 Å². The predicted octanol–water partition coefficient (Wildman–Crippen LogP) is 2.67. The van der Waals surface area contributed by atoms with E-state index in [2.05, 4.69) is 5.32 Å². The normalized spacial score (nSPS) is 25.1. The molecule has 1 N–H and O–H groups in total. The SMILES string of the molecule is COc1ccccc1NC1CCO[CH]C1Cl. The van der Waals surface area contributed by atoms with E-state index in [0.29, 0.717) is 6.61 Å². The van der Waals surface area contributed by atoms with Crippen LogP contribution in [-0.2, 0) is 4.74 Å². The Morgan fingerprint density at radius 1 is 1.44 bits per heavy atom. The van der Waals surface area contributed by atoms with Crippen molar-refractivity contribution in [1.82, 2.24) is 0 Å². The summed E-state index contributed by atoms with van der Waals surface area (Å²) in [6.45, 7) is 2.38. The molecule has 0 saturated carbocycles. The zero-order valence-electron chi connectivity index (χ0n) is 9.15. The number of ether oxygens (including phenoxy) is 2. The minimum absolute atomic E-state index is 0.112. The fourth-order valence-corrected chi connectivity index (χ4v) is 1.99. The highest BCUT2D eigenvalue weighted by atomic mass is 35.5.